The highest BCUT2D eigenvalue weighted by Gasteiger charge is 2.15. The van der Waals surface area contributed by atoms with Crippen LogP contribution in [0.25, 0.3) is 11.3 Å². The number of rotatable bonds is 9. The summed E-state index contributed by atoms with van der Waals surface area (Å²) in [5.41, 5.74) is 2.37. The zero-order chi connectivity index (χ0) is 23.7. The van der Waals surface area contributed by atoms with Crippen molar-refractivity contribution in [2.24, 2.45) is 0 Å². The standard InChI is InChI=1S/C24H28N6O3/c1-24(2,3)33-23(32)27-12-5-11-25-21-9-8-18(15-28-21)20-10-13-26-22(30-20)29-19-7-4-6-17(14-19)16-31/h4,6-10,13-16H,5,11-12H2,1-3H3,(H,25,28)(H,27,32)(H,26,29,30). The normalized spacial score (nSPS) is 10.9. The summed E-state index contributed by atoms with van der Waals surface area (Å²) >= 11 is 0. The zero-order valence-electron chi connectivity index (χ0n) is 19.0. The first kappa shape index (κ1) is 23.6. The van der Waals surface area contributed by atoms with Crippen molar-refractivity contribution in [1.82, 2.24) is 20.3 Å². The fraction of sp³-hybridized carbons (Fsp3) is 0.292. The van der Waals surface area contributed by atoms with E-state index in [1.165, 1.54) is 0 Å². The van der Waals surface area contributed by atoms with Crippen LogP contribution in [0.4, 0.5) is 22.2 Å². The Balaban J connectivity index is 1.50. The van der Waals surface area contributed by atoms with Crippen LogP contribution in [0.3, 0.4) is 0 Å². The predicted octanol–water partition coefficient (Wildman–Crippen LogP) is 4.42. The van der Waals surface area contributed by atoms with Gasteiger partial charge in [-0.05, 0) is 57.5 Å². The van der Waals surface area contributed by atoms with E-state index < -0.39 is 11.7 Å². The number of pyridine rings is 1. The topological polar surface area (TPSA) is 118 Å². The van der Waals surface area contributed by atoms with Gasteiger partial charge in [-0.25, -0.2) is 19.7 Å². The van der Waals surface area contributed by atoms with Crippen LogP contribution in [-0.4, -0.2) is 46.0 Å². The number of nitrogens with zero attached hydrogens (tertiary/aromatic N) is 3. The maximum atomic E-state index is 11.6. The van der Waals surface area contributed by atoms with Crippen LogP contribution < -0.4 is 16.0 Å². The van der Waals surface area contributed by atoms with Crippen LogP contribution in [0.5, 0.6) is 0 Å². The average molecular weight is 449 g/mol. The molecule has 0 aliphatic heterocycles. The minimum absolute atomic E-state index is 0.417. The Bertz CT molecular complexity index is 1080. The number of ether oxygens (including phenoxy) is 1. The van der Waals surface area contributed by atoms with Crippen LogP contribution in [-0.2, 0) is 4.74 Å². The largest absolute Gasteiger partial charge is 0.444 e. The number of benzene rings is 1. The molecule has 0 saturated carbocycles. The summed E-state index contributed by atoms with van der Waals surface area (Å²) in [5.74, 6) is 1.16. The van der Waals surface area contributed by atoms with Gasteiger partial charge in [0.05, 0.1) is 5.69 Å². The van der Waals surface area contributed by atoms with Gasteiger partial charge in [0.15, 0.2) is 0 Å². The number of aldehydes is 1. The molecule has 3 N–H and O–H groups in total. The molecule has 0 spiro atoms. The van der Waals surface area contributed by atoms with Crippen molar-refractivity contribution >= 4 is 29.8 Å². The van der Waals surface area contributed by atoms with Gasteiger partial charge in [0, 0.05) is 42.3 Å². The summed E-state index contributed by atoms with van der Waals surface area (Å²) in [7, 11) is 0. The molecule has 0 saturated heterocycles. The number of aromatic nitrogens is 3. The molecule has 1 amide bonds. The van der Waals surface area contributed by atoms with E-state index in [1.807, 2.05) is 39.0 Å². The molecule has 1 aromatic carbocycles. The summed E-state index contributed by atoms with van der Waals surface area (Å²) < 4.78 is 5.20. The number of hydrogen-bond donors (Lipinski definition) is 3. The molecular weight excluding hydrogens is 420 g/mol. The molecule has 0 fully saturated rings. The van der Waals surface area contributed by atoms with Gasteiger partial charge in [-0.1, -0.05) is 12.1 Å². The second kappa shape index (κ2) is 11.0. The molecule has 33 heavy (non-hydrogen) atoms. The molecule has 3 aromatic rings. The Labute approximate surface area is 193 Å². The Morgan fingerprint density at radius 1 is 1.09 bits per heavy atom. The zero-order valence-corrected chi connectivity index (χ0v) is 19.0. The van der Waals surface area contributed by atoms with Crippen LogP contribution in [0.15, 0.2) is 54.9 Å². The SMILES string of the molecule is CC(C)(C)OC(=O)NCCCNc1ccc(-c2ccnc(Nc3cccc(C=O)c3)n2)cn1. The van der Waals surface area contributed by atoms with Crippen LogP contribution in [0.2, 0.25) is 0 Å². The van der Waals surface area contributed by atoms with Gasteiger partial charge in [-0.2, -0.15) is 0 Å². The molecule has 9 nitrogen and oxygen atoms in total. The molecule has 9 heteroatoms. The van der Waals surface area contributed by atoms with E-state index in [9.17, 15) is 9.59 Å². The van der Waals surface area contributed by atoms with Gasteiger partial charge in [-0.15, -0.1) is 0 Å². The molecule has 0 atom stereocenters. The lowest BCUT2D eigenvalue weighted by atomic mass is 10.2. The predicted molar refractivity (Wildman–Crippen MR) is 128 cm³/mol. The fourth-order valence-electron chi connectivity index (χ4n) is 2.86. The number of hydrogen-bond acceptors (Lipinski definition) is 8. The van der Waals surface area contributed by atoms with Gasteiger partial charge >= 0.3 is 6.09 Å². The van der Waals surface area contributed by atoms with Crippen LogP contribution in [0, 0.1) is 0 Å². The third-order valence-electron chi connectivity index (χ3n) is 4.32. The maximum Gasteiger partial charge on any atom is 0.407 e. The highest BCUT2D eigenvalue weighted by molar-refractivity contribution is 5.77. The third kappa shape index (κ3) is 7.88. The van der Waals surface area contributed by atoms with Crippen molar-refractivity contribution in [3.63, 3.8) is 0 Å². The lowest BCUT2D eigenvalue weighted by Gasteiger charge is -2.19. The number of alkyl carbamates (subject to hydrolysis) is 1. The van der Waals surface area contributed by atoms with Gasteiger partial charge in [-0.3, -0.25) is 4.79 Å². The first-order chi connectivity index (χ1) is 15.8. The van der Waals surface area contributed by atoms with Gasteiger partial charge < -0.3 is 20.7 Å². The molecule has 172 valence electrons. The minimum Gasteiger partial charge on any atom is -0.444 e. The number of carbonyl (C=O) groups is 2. The number of nitrogens with one attached hydrogen (secondary N) is 3. The summed E-state index contributed by atoms with van der Waals surface area (Å²) in [6.07, 6.45) is 4.51. The van der Waals surface area contributed by atoms with E-state index in [2.05, 4.69) is 30.9 Å². The summed E-state index contributed by atoms with van der Waals surface area (Å²) in [5, 5.41) is 9.06. The molecular formula is C24H28N6O3. The second-order valence-corrected chi connectivity index (χ2v) is 8.27. The maximum absolute atomic E-state index is 11.6. The average Bonchev–Trinajstić information content (AvgIpc) is 2.78. The van der Waals surface area contributed by atoms with Crippen molar-refractivity contribution in [2.45, 2.75) is 32.8 Å². The van der Waals surface area contributed by atoms with Crippen molar-refractivity contribution in [2.75, 3.05) is 23.7 Å². The molecule has 0 aliphatic carbocycles. The molecule has 0 radical (unpaired) electrons. The van der Waals surface area contributed by atoms with Crippen molar-refractivity contribution < 1.29 is 14.3 Å². The van der Waals surface area contributed by atoms with Crippen molar-refractivity contribution in [3.8, 4) is 11.3 Å². The summed E-state index contributed by atoms with van der Waals surface area (Å²) in [6.45, 7) is 6.65. The molecule has 0 unspecified atom stereocenters. The Morgan fingerprint density at radius 3 is 2.67 bits per heavy atom. The first-order valence-electron chi connectivity index (χ1n) is 10.6. The highest BCUT2D eigenvalue weighted by Crippen LogP contribution is 2.20. The first-order valence-corrected chi connectivity index (χ1v) is 10.6. The van der Waals surface area contributed by atoms with E-state index in [-0.39, 0.29) is 0 Å². The number of amides is 1. The van der Waals surface area contributed by atoms with E-state index in [0.29, 0.717) is 24.6 Å². The Hall–Kier alpha value is -4.01. The second-order valence-electron chi connectivity index (χ2n) is 8.27. The molecule has 2 heterocycles. The lowest BCUT2D eigenvalue weighted by molar-refractivity contribution is 0.0527. The highest BCUT2D eigenvalue weighted by atomic mass is 16.6. The molecule has 3 rings (SSSR count). The minimum atomic E-state index is -0.504. The Morgan fingerprint density at radius 2 is 1.94 bits per heavy atom. The van der Waals surface area contributed by atoms with Crippen LogP contribution >= 0.6 is 0 Å². The molecule has 2 aromatic heterocycles. The Kier molecular flexibility index (Phi) is 7.91. The van der Waals surface area contributed by atoms with Gasteiger partial charge in [0.25, 0.3) is 0 Å². The van der Waals surface area contributed by atoms with Crippen molar-refractivity contribution in [3.05, 3.63) is 60.4 Å². The van der Waals surface area contributed by atoms with E-state index in [4.69, 9.17) is 4.74 Å². The van der Waals surface area contributed by atoms with Gasteiger partial charge in [0.2, 0.25) is 5.95 Å². The van der Waals surface area contributed by atoms with E-state index >= 15 is 0 Å². The summed E-state index contributed by atoms with van der Waals surface area (Å²) in [6, 6.07) is 12.7. The van der Waals surface area contributed by atoms with E-state index in [1.54, 1.807) is 36.7 Å². The smallest absolute Gasteiger partial charge is 0.407 e. The number of carbonyl (C=O) groups excluding carboxylic acids is 2. The summed E-state index contributed by atoms with van der Waals surface area (Å²) in [4.78, 5) is 35.8. The van der Waals surface area contributed by atoms with Crippen LogP contribution in [0.1, 0.15) is 37.6 Å². The fourth-order valence-corrected chi connectivity index (χ4v) is 2.86. The quantitative estimate of drug-likeness (QED) is 0.325. The van der Waals surface area contributed by atoms with Gasteiger partial charge in [0.1, 0.15) is 17.7 Å². The third-order valence-corrected chi connectivity index (χ3v) is 4.32. The monoisotopic (exact) mass is 448 g/mol. The molecule has 0 aliphatic rings. The van der Waals surface area contributed by atoms with E-state index in [0.717, 1.165) is 35.5 Å². The van der Waals surface area contributed by atoms with Crippen molar-refractivity contribution in [1.29, 1.82) is 0 Å². The lowest BCUT2D eigenvalue weighted by Crippen LogP contribution is -2.33. The number of anilines is 3. The molecule has 0 bridgehead atoms.